The molecule has 0 fully saturated rings. The summed E-state index contributed by atoms with van der Waals surface area (Å²) in [6.45, 7) is 1.68. The van der Waals surface area contributed by atoms with Gasteiger partial charge in [0.1, 0.15) is 11.4 Å². The molecular weight excluding hydrogens is 234 g/mol. The maximum atomic E-state index is 11.0. The molecule has 92 valence electrons. The van der Waals surface area contributed by atoms with Gasteiger partial charge in [-0.3, -0.25) is 5.43 Å². The Morgan fingerprint density at radius 2 is 2.22 bits per heavy atom. The summed E-state index contributed by atoms with van der Waals surface area (Å²) in [6, 6.07) is 6.75. The largest absolute Gasteiger partial charge is 0.507 e. The van der Waals surface area contributed by atoms with Crippen molar-refractivity contribution in [2.45, 2.75) is 6.92 Å². The summed E-state index contributed by atoms with van der Waals surface area (Å²) >= 11 is 0. The highest BCUT2D eigenvalue weighted by Gasteiger charge is 2.00. The molecule has 7 heteroatoms. The molecule has 0 spiro atoms. The summed E-state index contributed by atoms with van der Waals surface area (Å²) in [5.41, 5.74) is 3.11. The number of rotatable bonds is 3. The van der Waals surface area contributed by atoms with Gasteiger partial charge in [0.05, 0.1) is 6.21 Å². The summed E-state index contributed by atoms with van der Waals surface area (Å²) in [5.74, 6) is 0.391. The number of nitrogens with zero attached hydrogens (tertiary/aromatic N) is 3. The summed E-state index contributed by atoms with van der Waals surface area (Å²) in [7, 11) is 0. The van der Waals surface area contributed by atoms with Crippen molar-refractivity contribution in [3.8, 4) is 5.75 Å². The Morgan fingerprint density at radius 3 is 3.00 bits per heavy atom. The third kappa shape index (κ3) is 2.70. The molecule has 7 nitrogen and oxygen atoms in total. The lowest BCUT2D eigenvalue weighted by Crippen LogP contribution is -2.15. The van der Waals surface area contributed by atoms with Crippen LogP contribution < -0.4 is 11.1 Å². The number of nitrogens with one attached hydrogen (secondary N) is 2. The fourth-order valence-corrected chi connectivity index (χ4v) is 1.26. The number of anilines is 1. The van der Waals surface area contributed by atoms with E-state index in [1.165, 1.54) is 6.21 Å². The van der Waals surface area contributed by atoms with Crippen LogP contribution in [0.1, 0.15) is 11.3 Å². The number of benzene rings is 1. The maximum Gasteiger partial charge on any atom is 0.363 e. The molecule has 2 rings (SSSR count). The minimum absolute atomic E-state index is 0.122. The van der Waals surface area contributed by atoms with E-state index in [1.54, 1.807) is 31.2 Å². The van der Waals surface area contributed by atoms with E-state index >= 15 is 0 Å². The number of para-hydroxylation sites is 1. The van der Waals surface area contributed by atoms with E-state index in [9.17, 15) is 9.90 Å². The predicted octanol–water partition coefficient (Wildman–Crippen LogP) is 0.625. The van der Waals surface area contributed by atoms with Crippen LogP contribution in [-0.2, 0) is 0 Å². The van der Waals surface area contributed by atoms with Crippen LogP contribution in [-0.4, -0.2) is 26.5 Å². The van der Waals surface area contributed by atoms with Crippen LogP contribution in [0.25, 0.3) is 0 Å². The standard InChI is InChI=1S/C11H11N5O2/c1-7-10(13-11(18)16-14-7)15-12-6-8-4-2-3-5-9(8)17/h2-6,17H,1H3,(H2,13,15,16,18)/b12-6-. The molecule has 3 N–H and O–H groups in total. The number of hydrazone groups is 1. The molecule has 2 aromatic rings. The average molecular weight is 245 g/mol. The first-order valence-corrected chi connectivity index (χ1v) is 5.17. The van der Waals surface area contributed by atoms with Gasteiger partial charge in [0.25, 0.3) is 0 Å². The van der Waals surface area contributed by atoms with Crippen LogP contribution in [0.15, 0.2) is 34.2 Å². The van der Waals surface area contributed by atoms with Gasteiger partial charge in [-0.25, -0.2) is 9.89 Å². The first kappa shape index (κ1) is 11.8. The number of aryl methyl sites for hydroxylation is 1. The summed E-state index contributed by atoms with van der Waals surface area (Å²) in [5, 5.41) is 19.3. The molecule has 0 atom stereocenters. The van der Waals surface area contributed by atoms with Gasteiger partial charge in [0.2, 0.25) is 0 Å². The Balaban J connectivity index is 2.15. The minimum atomic E-state index is -0.555. The van der Waals surface area contributed by atoms with Gasteiger partial charge in [0, 0.05) is 5.56 Å². The quantitative estimate of drug-likeness (QED) is 0.543. The number of hydrogen-bond donors (Lipinski definition) is 3. The van der Waals surface area contributed by atoms with Crippen molar-refractivity contribution in [3.05, 3.63) is 46.0 Å². The van der Waals surface area contributed by atoms with Gasteiger partial charge in [-0.05, 0) is 19.1 Å². The molecule has 1 aromatic carbocycles. The third-order valence-electron chi connectivity index (χ3n) is 2.19. The number of hydrogen-bond acceptors (Lipinski definition) is 6. The second-order valence-corrected chi connectivity index (χ2v) is 3.50. The molecule has 0 bridgehead atoms. The molecule has 1 heterocycles. The lowest BCUT2D eigenvalue weighted by atomic mass is 10.2. The lowest BCUT2D eigenvalue weighted by molar-refractivity contribution is 0.474. The van der Waals surface area contributed by atoms with Crippen LogP contribution in [0, 0.1) is 6.92 Å². The third-order valence-corrected chi connectivity index (χ3v) is 2.19. The summed E-state index contributed by atoms with van der Waals surface area (Å²) in [4.78, 5) is 14.6. The van der Waals surface area contributed by atoms with E-state index in [4.69, 9.17) is 0 Å². The highest BCUT2D eigenvalue weighted by atomic mass is 16.3. The van der Waals surface area contributed by atoms with Crippen LogP contribution in [0.3, 0.4) is 0 Å². The smallest absolute Gasteiger partial charge is 0.363 e. The van der Waals surface area contributed by atoms with Crippen molar-refractivity contribution in [1.29, 1.82) is 0 Å². The fourth-order valence-electron chi connectivity index (χ4n) is 1.26. The molecule has 0 aliphatic heterocycles. The zero-order chi connectivity index (χ0) is 13.0. The molecule has 0 saturated heterocycles. The van der Waals surface area contributed by atoms with Crippen LogP contribution in [0.4, 0.5) is 5.82 Å². The Kier molecular flexibility index (Phi) is 3.33. The van der Waals surface area contributed by atoms with E-state index in [-0.39, 0.29) is 11.6 Å². The van der Waals surface area contributed by atoms with Crippen molar-refractivity contribution < 1.29 is 5.11 Å². The fraction of sp³-hybridized carbons (Fsp3) is 0.0909. The van der Waals surface area contributed by atoms with Crippen LogP contribution in [0.5, 0.6) is 5.75 Å². The Hall–Kier alpha value is -2.70. The van der Waals surface area contributed by atoms with Gasteiger partial charge in [0.15, 0.2) is 5.82 Å². The van der Waals surface area contributed by atoms with Crippen LogP contribution >= 0.6 is 0 Å². The first-order chi connectivity index (χ1) is 8.66. The zero-order valence-electron chi connectivity index (χ0n) is 9.58. The second kappa shape index (κ2) is 5.09. The molecule has 0 saturated carbocycles. The van der Waals surface area contributed by atoms with Gasteiger partial charge < -0.3 is 5.11 Å². The van der Waals surface area contributed by atoms with E-state index in [0.717, 1.165) is 0 Å². The van der Waals surface area contributed by atoms with Crippen molar-refractivity contribution in [2.24, 2.45) is 5.10 Å². The molecule has 0 unspecified atom stereocenters. The molecule has 0 radical (unpaired) electrons. The van der Waals surface area contributed by atoms with Crippen molar-refractivity contribution in [1.82, 2.24) is 15.2 Å². The van der Waals surface area contributed by atoms with E-state index in [0.29, 0.717) is 11.3 Å². The van der Waals surface area contributed by atoms with Crippen molar-refractivity contribution in [3.63, 3.8) is 0 Å². The number of phenols is 1. The Bertz CT molecular complexity index is 635. The van der Waals surface area contributed by atoms with E-state index in [2.05, 4.69) is 25.7 Å². The normalized spacial score (nSPS) is 10.7. The second-order valence-electron chi connectivity index (χ2n) is 3.50. The molecule has 1 aromatic heterocycles. The number of phenolic OH excluding ortho intramolecular Hbond substituents is 1. The highest BCUT2D eigenvalue weighted by Crippen LogP contribution is 2.12. The Morgan fingerprint density at radius 1 is 1.44 bits per heavy atom. The highest BCUT2D eigenvalue weighted by molar-refractivity contribution is 5.83. The summed E-state index contributed by atoms with van der Waals surface area (Å²) < 4.78 is 0. The van der Waals surface area contributed by atoms with E-state index in [1.807, 2.05) is 0 Å². The van der Waals surface area contributed by atoms with Crippen LogP contribution in [0.2, 0.25) is 0 Å². The molecule has 0 aliphatic carbocycles. The molecule has 18 heavy (non-hydrogen) atoms. The number of aromatic hydroxyl groups is 1. The van der Waals surface area contributed by atoms with Gasteiger partial charge in [-0.2, -0.15) is 15.2 Å². The zero-order valence-corrected chi connectivity index (χ0v) is 9.58. The topological polar surface area (TPSA) is 103 Å². The predicted molar refractivity (Wildman–Crippen MR) is 66.7 cm³/mol. The van der Waals surface area contributed by atoms with Gasteiger partial charge in [-0.1, -0.05) is 12.1 Å². The van der Waals surface area contributed by atoms with Crippen molar-refractivity contribution in [2.75, 3.05) is 5.43 Å². The molecule has 0 aliphatic rings. The molecular formula is C11H11N5O2. The van der Waals surface area contributed by atoms with E-state index < -0.39 is 5.69 Å². The van der Waals surface area contributed by atoms with Gasteiger partial charge in [-0.15, -0.1) is 0 Å². The molecule has 0 amide bonds. The van der Waals surface area contributed by atoms with Gasteiger partial charge >= 0.3 is 5.69 Å². The van der Waals surface area contributed by atoms with Crippen molar-refractivity contribution >= 4 is 12.0 Å². The first-order valence-electron chi connectivity index (χ1n) is 5.17. The maximum absolute atomic E-state index is 11.0. The average Bonchev–Trinajstić information content (AvgIpc) is 2.36. The number of H-pyrrole nitrogens is 1. The number of aromatic nitrogens is 3. The Labute approximate surface area is 102 Å². The summed E-state index contributed by atoms with van der Waals surface area (Å²) in [6.07, 6.45) is 1.43. The monoisotopic (exact) mass is 245 g/mol. The number of aromatic amines is 1. The minimum Gasteiger partial charge on any atom is -0.507 e. The SMILES string of the molecule is Cc1n[nH]c(=O)nc1N/N=C\c1ccccc1O. The lowest BCUT2D eigenvalue weighted by Gasteiger charge is -2.01.